The van der Waals surface area contributed by atoms with Crippen LogP contribution in [-0.2, 0) is 14.8 Å². The molecule has 3 aromatic rings. The number of imide groups is 1. The third-order valence-electron chi connectivity index (χ3n) is 4.58. The number of benzene rings is 2. The van der Waals surface area contributed by atoms with E-state index < -0.39 is 44.9 Å². The Bertz CT molecular complexity index is 1390. The highest BCUT2D eigenvalue weighted by Crippen LogP contribution is 2.30. The van der Waals surface area contributed by atoms with Crippen molar-refractivity contribution in [2.75, 3.05) is 16.6 Å². The molecule has 14 heteroatoms. The van der Waals surface area contributed by atoms with Crippen molar-refractivity contribution >= 4 is 55.6 Å². The van der Waals surface area contributed by atoms with Crippen LogP contribution < -0.4 is 10.0 Å². The van der Waals surface area contributed by atoms with Gasteiger partial charge in [-0.25, -0.2) is 13.4 Å². The number of carbonyl (C=O) groups is 3. The van der Waals surface area contributed by atoms with Crippen molar-refractivity contribution in [1.29, 1.82) is 0 Å². The van der Waals surface area contributed by atoms with E-state index in [0.29, 0.717) is 4.90 Å². The Morgan fingerprint density at radius 2 is 1.85 bits per heavy atom. The third kappa shape index (κ3) is 4.28. The molecule has 4 rings (SSSR count). The second kappa shape index (κ2) is 8.40. The molecule has 0 radical (unpaired) electrons. The standard InChI is InChI=1S/C19H13N5O7S2/c25-15(10-23-17(26)13-2-1-3-14(24(28)29)16(13)18(23)27)21-11-4-6-12(7-5-11)33(30,31)22-19-20-8-9-32-19/h1-9H,10H2,(H,20,22)(H,21,25). The van der Waals surface area contributed by atoms with Crippen LogP contribution >= 0.6 is 11.3 Å². The zero-order valence-corrected chi connectivity index (χ0v) is 18.1. The van der Waals surface area contributed by atoms with Gasteiger partial charge in [0.05, 0.1) is 15.4 Å². The number of amides is 3. The maximum Gasteiger partial charge on any atom is 0.282 e. The van der Waals surface area contributed by atoms with Gasteiger partial charge in [0.25, 0.3) is 27.5 Å². The first kappa shape index (κ1) is 22.0. The molecule has 33 heavy (non-hydrogen) atoms. The molecule has 2 aromatic carbocycles. The summed E-state index contributed by atoms with van der Waals surface area (Å²) in [6.45, 7) is -0.671. The predicted octanol–water partition coefficient (Wildman–Crippen LogP) is 2.09. The van der Waals surface area contributed by atoms with Gasteiger partial charge in [0.15, 0.2) is 5.13 Å². The lowest BCUT2D eigenvalue weighted by Crippen LogP contribution is -2.37. The summed E-state index contributed by atoms with van der Waals surface area (Å²) in [5.41, 5.74) is -0.806. The Balaban J connectivity index is 1.44. The number of thiazole rings is 1. The quantitative estimate of drug-likeness (QED) is 0.290. The second-order valence-corrected chi connectivity index (χ2v) is 9.25. The van der Waals surface area contributed by atoms with Crippen LogP contribution in [0, 0.1) is 10.1 Å². The first-order valence-electron chi connectivity index (χ1n) is 9.13. The lowest BCUT2D eigenvalue weighted by Gasteiger charge is -2.13. The highest BCUT2D eigenvalue weighted by molar-refractivity contribution is 7.93. The van der Waals surface area contributed by atoms with Gasteiger partial charge in [-0.3, -0.25) is 34.1 Å². The van der Waals surface area contributed by atoms with E-state index in [1.165, 1.54) is 42.6 Å². The largest absolute Gasteiger partial charge is 0.325 e. The zero-order valence-electron chi connectivity index (χ0n) is 16.4. The fourth-order valence-electron chi connectivity index (χ4n) is 3.12. The van der Waals surface area contributed by atoms with E-state index in [9.17, 15) is 32.9 Å². The number of nitro benzene ring substituents is 1. The normalized spacial score (nSPS) is 13.0. The molecule has 0 atom stereocenters. The van der Waals surface area contributed by atoms with Crippen LogP contribution in [0.4, 0.5) is 16.5 Å². The molecule has 0 unspecified atom stereocenters. The number of sulfonamides is 1. The predicted molar refractivity (Wildman–Crippen MR) is 116 cm³/mol. The summed E-state index contributed by atoms with van der Waals surface area (Å²) < 4.78 is 27.0. The average Bonchev–Trinajstić information content (AvgIpc) is 3.36. The molecule has 1 aromatic heterocycles. The number of anilines is 2. The first-order valence-corrected chi connectivity index (χ1v) is 11.5. The molecule has 1 aliphatic heterocycles. The Labute approximate surface area is 190 Å². The molecular weight excluding hydrogens is 474 g/mol. The minimum Gasteiger partial charge on any atom is -0.325 e. The van der Waals surface area contributed by atoms with Gasteiger partial charge in [0, 0.05) is 23.3 Å². The molecule has 0 fully saturated rings. The van der Waals surface area contributed by atoms with Crippen LogP contribution in [0.1, 0.15) is 20.7 Å². The highest BCUT2D eigenvalue weighted by Gasteiger charge is 2.41. The van der Waals surface area contributed by atoms with E-state index in [1.807, 2.05) is 0 Å². The van der Waals surface area contributed by atoms with Crippen molar-refractivity contribution in [3.05, 3.63) is 75.3 Å². The van der Waals surface area contributed by atoms with Gasteiger partial charge in [-0.15, -0.1) is 11.3 Å². The molecule has 0 saturated carbocycles. The molecule has 0 bridgehead atoms. The van der Waals surface area contributed by atoms with Crippen LogP contribution in [0.3, 0.4) is 0 Å². The van der Waals surface area contributed by atoms with Gasteiger partial charge < -0.3 is 5.32 Å². The van der Waals surface area contributed by atoms with Crippen molar-refractivity contribution in [2.45, 2.75) is 4.90 Å². The van der Waals surface area contributed by atoms with Crippen LogP contribution in [0.2, 0.25) is 0 Å². The minimum absolute atomic E-state index is 0.0663. The Kier molecular flexibility index (Phi) is 5.61. The van der Waals surface area contributed by atoms with Crippen molar-refractivity contribution < 1.29 is 27.7 Å². The number of aromatic nitrogens is 1. The van der Waals surface area contributed by atoms with E-state index in [1.54, 1.807) is 5.38 Å². The molecule has 0 spiro atoms. The molecule has 2 N–H and O–H groups in total. The molecule has 1 aliphatic rings. The fourth-order valence-corrected chi connectivity index (χ4v) is 4.91. The fraction of sp³-hybridized carbons (Fsp3) is 0.0526. The average molecular weight is 487 g/mol. The van der Waals surface area contributed by atoms with Crippen molar-refractivity contribution in [1.82, 2.24) is 9.88 Å². The van der Waals surface area contributed by atoms with Gasteiger partial charge >= 0.3 is 0 Å². The Morgan fingerprint density at radius 1 is 1.12 bits per heavy atom. The molecule has 0 aliphatic carbocycles. The van der Waals surface area contributed by atoms with E-state index in [-0.39, 0.29) is 26.8 Å². The summed E-state index contributed by atoms with van der Waals surface area (Å²) in [6, 6.07) is 8.85. The molecule has 3 amide bonds. The van der Waals surface area contributed by atoms with Gasteiger partial charge in [-0.2, -0.15) is 0 Å². The molecular formula is C19H13N5O7S2. The third-order valence-corrected chi connectivity index (χ3v) is 6.75. The van der Waals surface area contributed by atoms with Crippen molar-refractivity contribution in [3.63, 3.8) is 0 Å². The number of hydrogen-bond donors (Lipinski definition) is 2. The molecule has 12 nitrogen and oxygen atoms in total. The SMILES string of the molecule is O=C(CN1C(=O)c2cccc([N+](=O)[O-])c2C1=O)Nc1ccc(S(=O)(=O)Nc2nccs2)cc1. The van der Waals surface area contributed by atoms with Gasteiger partial charge in [-0.05, 0) is 30.3 Å². The van der Waals surface area contributed by atoms with E-state index in [0.717, 1.165) is 17.4 Å². The number of nitro groups is 1. The van der Waals surface area contributed by atoms with Crippen molar-refractivity contribution in [2.24, 2.45) is 0 Å². The molecule has 168 valence electrons. The maximum atomic E-state index is 12.5. The Hall–Kier alpha value is -4.17. The number of rotatable bonds is 7. The van der Waals surface area contributed by atoms with Gasteiger partial charge in [0.2, 0.25) is 5.91 Å². The minimum atomic E-state index is -3.87. The second-order valence-electron chi connectivity index (χ2n) is 6.67. The summed E-state index contributed by atoms with van der Waals surface area (Å²) in [5.74, 6) is -2.50. The topological polar surface area (TPSA) is 169 Å². The molecule has 0 saturated heterocycles. The first-order chi connectivity index (χ1) is 15.7. The number of nitrogens with one attached hydrogen (secondary N) is 2. The van der Waals surface area contributed by atoms with E-state index >= 15 is 0 Å². The number of nitrogens with zero attached hydrogens (tertiary/aromatic N) is 3. The monoisotopic (exact) mass is 487 g/mol. The van der Waals surface area contributed by atoms with E-state index in [4.69, 9.17) is 0 Å². The zero-order chi connectivity index (χ0) is 23.8. The molecule has 2 heterocycles. The number of fused-ring (bicyclic) bond motifs is 1. The van der Waals surface area contributed by atoms with Crippen LogP contribution in [0.25, 0.3) is 0 Å². The number of carbonyl (C=O) groups excluding carboxylic acids is 3. The number of hydrogen-bond acceptors (Lipinski definition) is 9. The summed E-state index contributed by atoms with van der Waals surface area (Å²) in [6.07, 6.45) is 1.45. The van der Waals surface area contributed by atoms with E-state index in [2.05, 4.69) is 15.0 Å². The van der Waals surface area contributed by atoms with Gasteiger partial charge in [-0.1, -0.05) is 6.07 Å². The van der Waals surface area contributed by atoms with Crippen LogP contribution in [-0.4, -0.2) is 47.5 Å². The lowest BCUT2D eigenvalue weighted by atomic mass is 10.1. The summed E-state index contributed by atoms with van der Waals surface area (Å²) in [5, 5.41) is 15.4. The summed E-state index contributed by atoms with van der Waals surface area (Å²) >= 11 is 1.11. The summed E-state index contributed by atoms with van der Waals surface area (Å²) in [4.78, 5) is 52.2. The maximum absolute atomic E-state index is 12.5. The van der Waals surface area contributed by atoms with Crippen LogP contribution in [0.15, 0.2) is 58.9 Å². The smallest absolute Gasteiger partial charge is 0.282 e. The summed E-state index contributed by atoms with van der Waals surface area (Å²) in [7, 11) is -3.87. The van der Waals surface area contributed by atoms with Crippen LogP contribution in [0.5, 0.6) is 0 Å². The highest BCUT2D eigenvalue weighted by atomic mass is 32.2. The van der Waals surface area contributed by atoms with Gasteiger partial charge in [0.1, 0.15) is 12.1 Å². The lowest BCUT2D eigenvalue weighted by molar-refractivity contribution is -0.385. The Morgan fingerprint density at radius 3 is 2.48 bits per heavy atom. The van der Waals surface area contributed by atoms with Crippen molar-refractivity contribution in [3.8, 4) is 0 Å².